The van der Waals surface area contributed by atoms with Gasteiger partial charge in [-0.3, -0.25) is 0 Å². The maximum absolute atomic E-state index is 9.25. The van der Waals surface area contributed by atoms with Crippen LogP contribution in [-0.4, -0.2) is 18.6 Å². The number of benzene rings is 2. The molecule has 1 heterocycles. The fourth-order valence-electron chi connectivity index (χ4n) is 2.41. The summed E-state index contributed by atoms with van der Waals surface area (Å²) >= 11 is 3.37. The number of halogens is 1. The van der Waals surface area contributed by atoms with E-state index in [2.05, 4.69) is 26.2 Å². The Morgan fingerprint density at radius 3 is 2.48 bits per heavy atom. The lowest BCUT2D eigenvalue weighted by Crippen LogP contribution is -2.05. The van der Waals surface area contributed by atoms with Gasteiger partial charge in [0, 0.05) is 11.0 Å². The minimum absolute atomic E-state index is 0.149. The first kappa shape index (κ1) is 18.8. The Morgan fingerprint density at radius 2 is 1.81 bits per heavy atom. The van der Waals surface area contributed by atoms with E-state index < -0.39 is 0 Å². The Balaban J connectivity index is 1.55. The first-order valence-electron chi connectivity index (χ1n) is 8.33. The van der Waals surface area contributed by atoms with E-state index in [0.717, 1.165) is 22.2 Å². The fraction of sp³-hybridized carbons (Fsp3) is 0.200. The van der Waals surface area contributed by atoms with Gasteiger partial charge in [-0.15, -0.1) is 0 Å². The Labute approximate surface area is 165 Å². The van der Waals surface area contributed by atoms with Crippen molar-refractivity contribution in [1.82, 2.24) is 4.98 Å². The number of anilines is 1. The van der Waals surface area contributed by atoms with Crippen LogP contribution in [-0.2, 0) is 13.0 Å². The molecule has 0 radical (unpaired) electrons. The summed E-state index contributed by atoms with van der Waals surface area (Å²) in [4.78, 5) is 4.17. The molecule has 0 aliphatic rings. The van der Waals surface area contributed by atoms with Crippen LogP contribution in [0.2, 0.25) is 0 Å². The average molecular weight is 428 g/mol. The molecule has 0 fully saturated rings. The smallest absolute Gasteiger partial charge is 0.236 e. The van der Waals surface area contributed by atoms with Crippen molar-refractivity contribution in [3.63, 3.8) is 0 Å². The van der Waals surface area contributed by atoms with Crippen molar-refractivity contribution in [3.8, 4) is 17.6 Å². The van der Waals surface area contributed by atoms with Crippen LogP contribution in [0.25, 0.3) is 0 Å². The lowest BCUT2D eigenvalue weighted by Gasteiger charge is -2.05. The number of hydrogen-bond acceptors (Lipinski definition) is 6. The summed E-state index contributed by atoms with van der Waals surface area (Å²) < 4.78 is 17.4. The Hall–Kier alpha value is -2.98. The number of methoxy groups -OCH3 is 1. The molecule has 0 atom stereocenters. The predicted octanol–water partition coefficient (Wildman–Crippen LogP) is 4.55. The molecule has 27 heavy (non-hydrogen) atoms. The zero-order valence-corrected chi connectivity index (χ0v) is 16.3. The van der Waals surface area contributed by atoms with Crippen molar-refractivity contribution < 1.29 is 13.9 Å². The van der Waals surface area contributed by atoms with E-state index >= 15 is 0 Å². The highest BCUT2D eigenvalue weighted by molar-refractivity contribution is 9.10. The summed E-state index contributed by atoms with van der Waals surface area (Å²) in [6.07, 6.45) is 0.778. The Kier molecular flexibility index (Phi) is 6.34. The van der Waals surface area contributed by atoms with Gasteiger partial charge in [0.2, 0.25) is 17.5 Å². The molecule has 0 aliphatic carbocycles. The number of oxazole rings is 1. The molecule has 0 saturated carbocycles. The molecule has 3 rings (SSSR count). The second kappa shape index (κ2) is 9.10. The monoisotopic (exact) mass is 427 g/mol. The molecule has 0 unspecified atom stereocenters. The van der Waals surface area contributed by atoms with Crippen molar-refractivity contribution in [2.24, 2.45) is 0 Å². The number of aromatic nitrogens is 1. The molecular formula is C20H18BrN3O3. The molecular weight excluding hydrogens is 410 g/mol. The molecule has 7 heteroatoms. The maximum atomic E-state index is 9.25. The maximum Gasteiger partial charge on any atom is 0.236 e. The normalized spacial score (nSPS) is 10.3. The molecule has 1 N–H and O–H groups in total. The standard InChI is InChI=1S/C20H18BrN3O3/c1-25-16-6-2-14(3-7-16)10-11-23-20-18(12-22)24-19(27-20)13-26-17-8-4-15(21)5-9-17/h2-9,23H,10-11,13H2,1H3. The fourth-order valence-corrected chi connectivity index (χ4v) is 2.67. The van der Waals surface area contributed by atoms with Crippen molar-refractivity contribution in [1.29, 1.82) is 5.26 Å². The highest BCUT2D eigenvalue weighted by atomic mass is 79.9. The third kappa shape index (κ3) is 5.25. The van der Waals surface area contributed by atoms with Gasteiger partial charge in [0.15, 0.2) is 6.61 Å². The zero-order valence-electron chi connectivity index (χ0n) is 14.7. The van der Waals surface area contributed by atoms with Gasteiger partial charge in [-0.1, -0.05) is 28.1 Å². The second-order valence-corrected chi connectivity index (χ2v) is 6.58. The largest absolute Gasteiger partial charge is 0.497 e. The van der Waals surface area contributed by atoms with Crippen molar-refractivity contribution in [2.45, 2.75) is 13.0 Å². The summed E-state index contributed by atoms with van der Waals surface area (Å²) in [5, 5.41) is 12.4. The molecule has 3 aromatic rings. The van der Waals surface area contributed by atoms with Crippen molar-refractivity contribution >= 4 is 21.8 Å². The first-order chi connectivity index (χ1) is 13.2. The lowest BCUT2D eigenvalue weighted by atomic mass is 10.1. The van der Waals surface area contributed by atoms with Gasteiger partial charge in [0.05, 0.1) is 7.11 Å². The lowest BCUT2D eigenvalue weighted by molar-refractivity contribution is 0.265. The minimum Gasteiger partial charge on any atom is -0.497 e. The van der Waals surface area contributed by atoms with Crippen LogP contribution in [0.15, 0.2) is 57.4 Å². The van der Waals surface area contributed by atoms with Crippen LogP contribution in [0.3, 0.4) is 0 Å². The van der Waals surface area contributed by atoms with E-state index in [-0.39, 0.29) is 12.3 Å². The van der Waals surface area contributed by atoms with Gasteiger partial charge in [-0.25, -0.2) is 0 Å². The SMILES string of the molecule is COc1ccc(CCNc2oc(COc3ccc(Br)cc3)nc2C#N)cc1. The number of hydrogen-bond donors (Lipinski definition) is 1. The van der Waals surface area contributed by atoms with E-state index in [1.165, 1.54) is 0 Å². The number of nitriles is 1. The van der Waals surface area contributed by atoms with Crippen LogP contribution in [0, 0.1) is 11.3 Å². The highest BCUT2D eigenvalue weighted by Crippen LogP contribution is 2.20. The topological polar surface area (TPSA) is 80.3 Å². The van der Waals surface area contributed by atoms with Gasteiger partial charge >= 0.3 is 0 Å². The van der Waals surface area contributed by atoms with Crippen LogP contribution < -0.4 is 14.8 Å². The Bertz CT molecular complexity index is 915. The number of nitrogens with one attached hydrogen (secondary N) is 1. The van der Waals surface area contributed by atoms with Gasteiger partial charge in [0.1, 0.15) is 17.6 Å². The molecule has 0 saturated heterocycles. The quantitative estimate of drug-likeness (QED) is 0.567. The van der Waals surface area contributed by atoms with Crippen molar-refractivity contribution in [3.05, 3.63) is 70.2 Å². The number of ether oxygens (including phenoxy) is 2. The second-order valence-electron chi connectivity index (χ2n) is 5.66. The van der Waals surface area contributed by atoms with Crippen LogP contribution in [0.4, 0.5) is 5.88 Å². The average Bonchev–Trinajstić information content (AvgIpc) is 3.10. The molecule has 0 amide bonds. The molecule has 138 valence electrons. The van der Waals surface area contributed by atoms with Crippen LogP contribution >= 0.6 is 15.9 Å². The number of rotatable bonds is 8. The number of nitrogens with zero attached hydrogens (tertiary/aromatic N) is 2. The van der Waals surface area contributed by atoms with Crippen LogP contribution in [0.1, 0.15) is 17.1 Å². The molecule has 1 aromatic heterocycles. The van der Waals surface area contributed by atoms with E-state index in [9.17, 15) is 5.26 Å². The van der Waals surface area contributed by atoms with Crippen molar-refractivity contribution in [2.75, 3.05) is 19.0 Å². The van der Waals surface area contributed by atoms with E-state index in [1.54, 1.807) is 7.11 Å². The summed E-state index contributed by atoms with van der Waals surface area (Å²) in [7, 11) is 1.64. The molecule has 2 aromatic carbocycles. The van der Waals surface area contributed by atoms with Gasteiger partial charge < -0.3 is 19.2 Å². The van der Waals surface area contributed by atoms with E-state index in [4.69, 9.17) is 13.9 Å². The van der Waals surface area contributed by atoms with Crippen LogP contribution in [0.5, 0.6) is 11.5 Å². The summed E-state index contributed by atoms with van der Waals surface area (Å²) in [5.41, 5.74) is 1.37. The first-order valence-corrected chi connectivity index (χ1v) is 9.12. The predicted molar refractivity (Wildman–Crippen MR) is 105 cm³/mol. The van der Waals surface area contributed by atoms with E-state index in [1.807, 2.05) is 54.6 Å². The third-order valence-electron chi connectivity index (χ3n) is 3.81. The molecule has 0 aliphatic heterocycles. The van der Waals surface area contributed by atoms with Gasteiger partial charge in [0.25, 0.3) is 0 Å². The molecule has 0 spiro atoms. The summed E-state index contributed by atoms with van der Waals surface area (Å²) in [5.74, 6) is 2.23. The van der Waals surface area contributed by atoms with Gasteiger partial charge in [-0.05, 0) is 48.4 Å². The summed E-state index contributed by atoms with van der Waals surface area (Å²) in [6, 6.07) is 17.3. The van der Waals surface area contributed by atoms with E-state index in [0.29, 0.717) is 24.1 Å². The Morgan fingerprint density at radius 1 is 1.11 bits per heavy atom. The third-order valence-corrected chi connectivity index (χ3v) is 4.34. The molecule has 6 nitrogen and oxygen atoms in total. The minimum atomic E-state index is 0.149. The molecule has 0 bridgehead atoms. The zero-order chi connectivity index (χ0) is 19.1. The highest BCUT2D eigenvalue weighted by Gasteiger charge is 2.13. The van der Waals surface area contributed by atoms with Gasteiger partial charge in [-0.2, -0.15) is 10.2 Å². The summed E-state index contributed by atoms with van der Waals surface area (Å²) in [6.45, 7) is 0.764.